The predicted octanol–water partition coefficient (Wildman–Crippen LogP) is 6.85. The molecule has 1 aromatic carbocycles. The van der Waals surface area contributed by atoms with Gasteiger partial charge in [0.1, 0.15) is 0 Å². The molecule has 5 heteroatoms. The first-order valence-electron chi connectivity index (χ1n) is 13.5. The van der Waals surface area contributed by atoms with Crippen molar-refractivity contribution in [3.05, 3.63) is 71.6 Å². The van der Waals surface area contributed by atoms with Gasteiger partial charge in [0.2, 0.25) is 5.91 Å². The molecule has 1 N–H and O–H groups in total. The van der Waals surface area contributed by atoms with Crippen LogP contribution < -0.4 is 5.32 Å². The van der Waals surface area contributed by atoms with E-state index in [4.69, 9.17) is 0 Å². The van der Waals surface area contributed by atoms with Crippen LogP contribution in [0.1, 0.15) is 80.9 Å². The number of nitrogens with zero attached hydrogens (tertiary/aromatic N) is 2. The molecule has 1 aliphatic heterocycles. The van der Waals surface area contributed by atoms with Gasteiger partial charge in [-0.05, 0) is 79.9 Å². The summed E-state index contributed by atoms with van der Waals surface area (Å²) in [4.78, 5) is 18.7. The number of hydrogen-bond acceptors (Lipinski definition) is 3. The quantitative estimate of drug-likeness (QED) is 0.205. The highest BCUT2D eigenvalue weighted by Crippen LogP contribution is 2.46. The Balaban J connectivity index is 1.13. The number of rotatable bonds is 10. The van der Waals surface area contributed by atoms with Crippen molar-refractivity contribution in [2.75, 3.05) is 19.6 Å². The van der Waals surface area contributed by atoms with Gasteiger partial charge >= 0.3 is 0 Å². The third kappa shape index (κ3) is 8.01. The van der Waals surface area contributed by atoms with Crippen molar-refractivity contribution in [3.8, 4) is 0 Å². The second kappa shape index (κ2) is 13.4. The van der Waals surface area contributed by atoms with Crippen LogP contribution in [0.2, 0.25) is 0 Å². The fourth-order valence-electron chi connectivity index (χ4n) is 5.63. The van der Waals surface area contributed by atoms with Gasteiger partial charge in [-0.1, -0.05) is 78.4 Å². The molecule has 1 saturated heterocycles. The van der Waals surface area contributed by atoms with Gasteiger partial charge in [-0.25, -0.2) is 0 Å². The summed E-state index contributed by atoms with van der Waals surface area (Å²) in [5, 5.41) is 3.00. The van der Waals surface area contributed by atoms with Crippen LogP contribution in [0.3, 0.4) is 0 Å². The lowest BCUT2D eigenvalue weighted by molar-refractivity contribution is -0.116. The zero-order chi connectivity index (χ0) is 24.3. The molecule has 4 nitrogen and oxygen atoms in total. The maximum atomic E-state index is 12.0. The molecule has 0 spiro atoms. The van der Waals surface area contributed by atoms with E-state index in [1.54, 1.807) is 24.5 Å². The number of aromatic nitrogens is 1. The summed E-state index contributed by atoms with van der Waals surface area (Å²) in [6.07, 6.45) is 19.5. The Labute approximate surface area is 219 Å². The average molecular weight is 539 g/mol. The Morgan fingerprint density at radius 1 is 1.09 bits per heavy atom. The van der Waals surface area contributed by atoms with Crippen molar-refractivity contribution in [1.82, 2.24) is 15.2 Å². The van der Waals surface area contributed by atoms with Gasteiger partial charge in [0.15, 0.2) is 0 Å². The van der Waals surface area contributed by atoms with Gasteiger partial charge in [0.05, 0.1) is 4.32 Å². The molecule has 4 rings (SSSR count). The van der Waals surface area contributed by atoms with E-state index in [2.05, 4.69) is 55.4 Å². The standard InChI is InChI=1S/C30H40BrN3O/c31-30(17-5-1-6-18-30)28-12-3-2-11-27(28)24-34-21-15-25(16-22-34)9-4-7-20-33-29(35)14-13-26-10-8-19-32-23-26/h2-3,8,10-14,19,23,25H,1,4-7,9,15-18,20-22,24H2,(H,33,35). The van der Waals surface area contributed by atoms with Crippen LogP contribution in [0.25, 0.3) is 6.08 Å². The third-order valence-electron chi connectivity index (χ3n) is 7.70. The Kier molecular flexibility index (Phi) is 9.96. The van der Waals surface area contributed by atoms with Crippen molar-refractivity contribution in [3.63, 3.8) is 0 Å². The average Bonchev–Trinajstić information content (AvgIpc) is 2.89. The Morgan fingerprint density at radius 2 is 1.89 bits per heavy atom. The number of carbonyl (C=O) groups excluding carboxylic acids is 1. The third-order valence-corrected chi connectivity index (χ3v) is 8.92. The molecule has 1 aromatic heterocycles. The van der Waals surface area contributed by atoms with E-state index in [1.807, 2.05) is 12.1 Å². The molecule has 1 amide bonds. The summed E-state index contributed by atoms with van der Waals surface area (Å²) in [6, 6.07) is 12.9. The summed E-state index contributed by atoms with van der Waals surface area (Å²) in [6.45, 7) is 4.23. The van der Waals surface area contributed by atoms with Crippen LogP contribution >= 0.6 is 15.9 Å². The highest BCUT2D eigenvalue weighted by atomic mass is 79.9. The molecule has 0 unspecified atom stereocenters. The summed E-state index contributed by atoms with van der Waals surface area (Å²) in [5.74, 6) is 0.796. The van der Waals surface area contributed by atoms with Crippen molar-refractivity contribution in [2.24, 2.45) is 5.92 Å². The van der Waals surface area contributed by atoms with Gasteiger partial charge in [0, 0.05) is 31.6 Å². The second-order valence-corrected chi connectivity index (χ2v) is 11.8. The first kappa shape index (κ1) is 26.1. The number of carbonyl (C=O) groups is 1. The van der Waals surface area contributed by atoms with Crippen LogP contribution in [0, 0.1) is 5.92 Å². The zero-order valence-electron chi connectivity index (χ0n) is 20.9. The largest absolute Gasteiger partial charge is 0.353 e. The zero-order valence-corrected chi connectivity index (χ0v) is 22.5. The molecule has 0 bridgehead atoms. The molecule has 35 heavy (non-hydrogen) atoms. The van der Waals surface area contributed by atoms with Crippen LogP contribution in [0.5, 0.6) is 0 Å². The Bertz CT molecular complexity index is 947. The second-order valence-electron chi connectivity index (χ2n) is 10.3. The molecule has 1 saturated carbocycles. The van der Waals surface area contributed by atoms with Gasteiger partial charge in [0.25, 0.3) is 0 Å². The number of halogens is 1. The minimum atomic E-state index is -0.0269. The number of piperidine rings is 1. The molecule has 1 aliphatic carbocycles. The Morgan fingerprint density at radius 3 is 2.66 bits per heavy atom. The van der Waals surface area contributed by atoms with E-state index >= 15 is 0 Å². The number of likely N-dealkylation sites (tertiary alicyclic amines) is 1. The van der Waals surface area contributed by atoms with Gasteiger partial charge in [-0.3, -0.25) is 14.7 Å². The summed E-state index contributed by atoms with van der Waals surface area (Å²) in [7, 11) is 0. The highest BCUT2D eigenvalue weighted by molar-refractivity contribution is 9.09. The van der Waals surface area contributed by atoms with Gasteiger partial charge in [-0.15, -0.1) is 0 Å². The topological polar surface area (TPSA) is 45.2 Å². The first-order chi connectivity index (χ1) is 17.1. The van der Waals surface area contributed by atoms with Crippen molar-refractivity contribution in [1.29, 1.82) is 0 Å². The fourth-order valence-corrected chi connectivity index (χ4v) is 6.57. The normalized spacial score (nSPS) is 19.1. The van der Waals surface area contributed by atoms with E-state index < -0.39 is 0 Å². The lowest BCUT2D eigenvalue weighted by atomic mass is 9.81. The number of amides is 1. The first-order valence-corrected chi connectivity index (χ1v) is 14.3. The van der Waals surface area contributed by atoms with Gasteiger partial charge in [-0.2, -0.15) is 0 Å². The predicted molar refractivity (Wildman–Crippen MR) is 148 cm³/mol. The molecule has 2 heterocycles. The summed E-state index contributed by atoms with van der Waals surface area (Å²) < 4.78 is 0.185. The lowest BCUT2D eigenvalue weighted by Gasteiger charge is -2.36. The molecule has 0 radical (unpaired) electrons. The van der Waals surface area contributed by atoms with E-state index in [0.29, 0.717) is 0 Å². The monoisotopic (exact) mass is 537 g/mol. The minimum Gasteiger partial charge on any atom is -0.353 e. The number of alkyl halides is 1. The molecular weight excluding hydrogens is 498 g/mol. The maximum absolute atomic E-state index is 12.0. The molecule has 2 fully saturated rings. The number of unbranched alkanes of at least 4 members (excludes halogenated alkanes) is 1. The van der Waals surface area contributed by atoms with Crippen molar-refractivity contribution in [2.45, 2.75) is 75.1 Å². The smallest absolute Gasteiger partial charge is 0.243 e. The van der Waals surface area contributed by atoms with Crippen LogP contribution in [-0.4, -0.2) is 35.4 Å². The summed E-state index contributed by atoms with van der Waals surface area (Å²) >= 11 is 4.15. The molecule has 2 aliphatic rings. The van der Waals surface area contributed by atoms with Gasteiger partial charge < -0.3 is 5.32 Å². The molecule has 188 valence electrons. The van der Waals surface area contributed by atoms with Crippen molar-refractivity contribution < 1.29 is 4.79 Å². The van der Waals surface area contributed by atoms with E-state index in [9.17, 15) is 4.79 Å². The molecule has 2 aromatic rings. The number of nitrogens with one attached hydrogen (secondary N) is 1. The number of pyridine rings is 1. The van der Waals surface area contributed by atoms with E-state index in [-0.39, 0.29) is 10.2 Å². The van der Waals surface area contributed by atoms with Crippen LogP contribution in [0.4, 0.5) is 0 Å². The highest BCUT2D eigenvalue weighted by Gasteiger charge is 2.33. The number of hydrogen-bond donors (Lipinski definition) is 1. The summed E-state index contributed by atoms with van der Waals surface area (Å²) in [5.41, 5.74) is 3.98. The van der Waals surface area contributed by atoms with Crippen molar-refractivity contribution >= 4 is 27.9 Å². The number of benzene rings is 1. The van der Waals surface area contributed by atoms with Crippen LogP contribution in [0.15, 0.2) is 54.9 Å². The molecule has 0 atom stereocenters. The maximum Gasteiger partial charge on any atom is 0.243 e. The van der Waals surface area contributed by atoms with E-state index in [0.717, 1.165) is 31.0 Å². The van der Waals surface area contributed by atoms with Crippen LogP contribution in [-0.2, 0) is 15.7 Å². The van der Waals surface area contributed by atoms with E-state index in [1.165, 1.54) is 82.0 Å². The minimum absolute atomic E-state index is 0.0269. The SMILES string of the molecule is O=C(C=Cc1cccnc1)NCCCCC1CCN(Cc2ccccc2C2(Br)CCCCC2)CC1. The Hall–Kier alpha value is -1.98. The lowest BCUT2D eigenvalue weighted by Crippen LogP contribution is -2.34. The fraction of sp³-hybridized carbons (Fsp3) is 0.533. The molecular formula is C30H40BrN3O.